The lowest BCUT2D eigenvalue weighted by atomic mass is 10.1. The van der Waals surface area contributed by atoms with Gasteiger partial charge in [-0.2, -0.15) is 0 Å². The van der Waals surface area contributed by atoms with Crippen molar-refractivity contribution < 1.29 is 14.2 Å². The molecule has 0 aromatic heterocycles. The lowest BCUT2D eigenvalue weighted by Crippen LogP contribution is -1.92. The smallest absolute Gasteiger partial charge is 0.167 e. The molecule has 0 saturated heterocycles. The van der Waals surface area contributed by atoms with Crippen LogP contribution in [0.4, 0.5) is 0 Å². The SMILES string of the molecule is [CH2]OC/C=C/c1cccc(OC)c1OC. The summed E-state index contributed by atoms with van der Waals surface area (Å²) in [4.78, 5) is 0. The Kier molecular flexibility index (Phi) is 4.71. The first kappa shape index (κ1) is 11.6. The van der Waals surface area contributed by atoms with Gasteiger partial charge in [0.05, 0.1) is 27.9 Å². The van der Waals surface area contributed by atoms with Gasteiger partial charge in [-0.1, -0.05) is 24.3 Å². The molecule has 0 fully saturated rings. The van der Waals surface area contributed by atoms with Crippen LogP contribution in [0.25, 0.3) is 6.08 Å². The van der Waals surface area contributed by atoms with E-state index in [1.54, 1.807) is 14.2 Å². The molecule has 0 aliphatic heterocycles. The second kappa shape index (κ2) is 6.09. The second-order valence-electron chi connectivity index (χ2n) is 2.86. The molecule has 0 saturated carbocycles. The van der Waals surface area contributed by atoms with Gasteiger partial charge < -0.3 is 14.2 Å². The van der Waals surface area contributed by atoms with Crippen LogP contribution in [0, 0.1) is 7.11 Å². The van der Waals surface area contributed by atoms with Crippen molar-refractivity contribution in [1.29, 1.82) is 0 Å². The molecule has 0 aliphatic rings. The average Bonchev–Trinajstić information content (AvgIpc) is 2.29. The van der Waals surface area contributed by atoms with Crippen LogP contribution < -0.4 is 9.47 Å². The minimum Gasteiger partial charge on any atom is -0.493 e. The van der Waals surface area contributed by atoms with E-state index in [0.717, 1.165) is 17.1 Å². The van der Waals surface area contributed by atoms with E-state index in [1.165, 1.54) is 0 Å². The van der Waals surface area contributed by atoms with Crippen LogP contribution in [0.15, 0.2) is 24.3 Å². The Balaban J connectivity index is 2.95. The number of benzene rings is 1. The minimum atomic E-state index is 0.473. The molecule has 0 atom stereocenters. The van der Waals surface area contributed by atoms with Crippen LogP contribution in [-0.4, -0.2) is 20.8 Å². The Morgan fingerprint density at radius 3 is 2.67 bits per heavy atom. The van der Waals surface area contributed by atoms with Crippen molar-refractivity contribution >= 4 is 6.08 Å². The quantitative estimate of drug-likeness (QED) is 0.742. The van der Waals surface area contributed by atoms with Crippen LogP contribution in [0.2, 0.25) is 0 Å². The highest BCUT2D eigenvalue weighted by Crippen LogP contribution is 2.31. The summed E-state index contributed by atoms with van der Waals surface area (Å²) in [6, 6.07) is 5.71. The van der Waals surface area contributed by atoms with E-state index in [1.807, 2.05) is 30.4 Å². The zero-order valence-electron chi connectivity index (χ0n) is 9.03. The van der Waals surface area contributed by atoms with Crippen molar-refractivity contribution in [3.05, 3.63) is 36.9 Å². The van der Waals surface area contributed by atoms with Crippen LogP contribution in [-0.2, 0) is 4.74 Å². The van der Waals surface area contributed by atoms with E-state index >= 15 is 0 Å². The molecule has 3 nitrogen and oxygen atoms in total. The molecule has 1 radical (unpaired) electrons. The predicted molar refractivity (Wildman–Crippen MR) is 59.9 cm³/mol. The number of hydrogen-bond donors (Lipinski definition) is 0. The lowest BCUT2D eigenvalue weighted by Gasteiger charge is -2.09. The van der Waals surface area contributed by atoms with Crippen LogP contribution in [0.3, 0.4) is 0 Å². The fraction of sp³-hybridized carbons (Fsp3) is 0.250. The van der Waals surface area contributed by atoms with Crippen LogP contribution in [0.5, 0.6) is 11.5 Å². The second-order valence-corrected chi connectivity index (χ2v) is 2.86. The molecule has 0 amide bonds. The van der Waals surface area contributed by atoms with Crippen molar-refractivity contribution in [2.24, 2.45) is 0 Å². The lowest BCUT2D eigenvalue weighted by molar-refractivity contribution is 0.282. The van der Waals surface area contributed by atoms with Gasteiger partial charge in [-0.15, -0.1) is 0 Å². The topological polar surface area (TPSA) is 27.7 Å². The fourth-order valence-corrected chi connectivity index (χ4v) is 1.29. The first-order chi connectivity index (χ1) is 7.33. The molecule has 81 valence electrons. The normalized spacial score (nSPS) is 10.6. The van der Waals surface area contributed by atoms with Crippen molar-refractivity contribution in [2.75, 3.05) is 20.8 Å². The highest BCUT2D eigenvalue weighted by atomic mass is 16.5. The molecule has 1 rings (SSSR count). The summed E-state index contributed by atoms with van der Waals surface area (Å²) >= 11 is 0. The summed E-state index contributed by atoms with van der Waals surface area (Å²) in [7, 11) is 6.52. The Labute approximate surface area is 90.3 Å². The molecule has 1 aromatic carbocycles. The summed E-state index contributed by atoms with van der Waals surface area (Å²) in [6.07, 6.45) is 3.77. The highest BCUT2D eigenvalue weighted by Gasteiger charge is 2.05. The number of hydrogen-bond acceptors (Lipinski definition) is 3. The van der Waals surface area contributed by atoms with Gasteiger partial charge >= 0.3 is 0 Å². The minimum absolute atomic E-state index is 0.473. The summed E-state index contributed by atoms with van der Waals surface area (Å²) in [5.74, 6) is 1.44. The van der Waals surface area contributed by atoms with E-state index in [0.29, 0.717) is 6.61 Å². The summed E-state index contributed by atoms with van der Waals surface area (Å²) < 4.78 is 15.1. The van der Waals surface area contributed by atoms with E-state index in [9.17, 15) is 0 Å². The zero-order valence-corrected chi connectivity index (χ0v) is 9.03. The zero-order chi connectivity index (χ0) is 11.1. The highest BCUT2D eigenvalue weighted by molar-refractivity contribution is 5.62. The van der Waals surface area contributed by atoms with Crippen molar-refractivity contribution in [3.63, 3.8) is 0 Å². The van der Waals surface area contributed by atoms with Gasteiger partial charge in [0.25, 0.3) is 0 Å². The molecular formula is C12H15O3. The van der Waals surface area contributed by atoms with E-state index in [2.05, 4.69) is 11.8 Å². The Hall–Kier alpha value is -1.48. The maximum Gasteiger partial charge on any atom is 0.167 e. The van der Waals surface area contributed by atoms with Gasteiger partial charge in [-0.3, -0.25) is 0 Å². The summed E-state index contributed by atoms with van der Waals surface area (Å²) in [5.41, 5.74) is 0.953. The van der Waals surface area contributed by atoms with Gasteiger partial charge in [0, 0.05) is 5.56 Å². The first-order valence-electron chi connectivity index (χ1n) is 4.58. The Morgan fingerprint density at radius 2 is 2.07 bits per heavy atom. The van der Waals surface area contributed by atoms with Crippen molar-refractivity contribution in [2.45, 2.75) is 0 Å². The van der Waals surface area contributed by atoms with Gasteiger partial charge in [0.15, 0.2) is 11.5 Å². The van der Waals surface area contributed by atoms with E-state index in [-0.39, 0.29) is 0 Å². The maximum atomic E-state index is 5.27. The molecule has 1 aromatic rings. The molecule has 0 bridgehead atoms. The molecule has 15 heavy (non-hydrogen) atoms. The monoisotopic (exact) mass is 207 g/mol. The predicted octanol–water partition coefficient (Wildman–Crippen LogP) is 2.53. The number of ether oxygens (including phenoxy) is 3. The Bertz CT molecular complexity index is 332. The average molecular weight is 207 g/mol. The number of para-hydroxylation sites is 1. The van der Waals surface area contributed by atoms with E-state index < -0.39 is 0 Å². The van der Waals surface area contributed by atoms with Gasteiger partial charge in [-0.25, -0.2) is 0 Å². The van der Waals surface area contributed by atoms with Crippen LogP contribution >= 0.6 is 0 Å². The summed E-state index contributed by atoms with van der Waals surface area (Å²) in [5, 5.41) is 0. The maximum absolute atomic E-state index is 5.27. The van der Waals surface area contributed by atoms with Crippen LogP contribution in [0.1, 0.15) is 5.56 Å². The molecule has 0 aliphatic carbocycles. The molecule has 0 heterocycles. The Morgan fingerprint density at radius 1 is 1.27 bits per heavy atom. The first-order valence-corrected chi connectivity index (χ1v) is 4.58. The van der Waals surface area contributed by atoms with E-state index in [4.69, 9.17) is 9.47 Å². The third kappa shape index (κ3) is 2.99. The number of methoxy groups -OCH3 is 2. The summed E-state index contributed by atoms with van der Waals surface area (Å²) in [6.45, 7) is 0.473. The van der Waals surface area contributed by atoms with Gasteiger partial charge in [0.2, 0.25) is 0 Å². The largest absolute Gasteiger partial charge is 0.493 e. The van der Waals surface area contributed by atoms with Gasteiger partial charge in [-0.05, 0) is 6.07 Å². The van der Waals surface area contributed by atoms with Crippen molar-refractivity contribution in [1.82, 2.24) is 0 Å². The molecule has 0 spiro atoms. The third-order valence-corrected chi connectivity index (χ3v) is 1.94. The fourth-order valence-electron chi connectivity index (χ4n) is 1.29. The standard InChI is InChI=1S/C12H15O3/c1-13-9-5-7-10-6-4-8-11(14-2)12(10)15-3/h4-8H,1,9H2,2-3H3/b7-5+. The molecular weight excluding hydrogens is 192 g/mol. The third-order valence-electron chi connectivity index (χ3n) is 1.94. The molecule has 0 unspecified atom stereocenters. The van der Waals surface area contributed by atoms with Gasteiger partial charge in [0.1, 0.15) is 0 Å². The molecule has 3 heteroatoms. The van der Waals surface area contributed by atoms with Crippen molar-refractivity contribution in [3.8, 4) is 11.5 Å². The number of rotatable bonds is 5. The molecule has 0 N–H and O–H groups in total.